The average Bonchev–Trinajstić information content (AvgIpc) is 2.90. The minimum atomic E-state index is -1.03. The van der Waals surface area contributed by atoms with E-state index in [1.54, 1.807) is 19.1 Å². The second-order valence-electron chi connectivity index (χ2n) is 6.84. The SMILES string of the molecule is CC(C)C(C)(C#N)NC(=O)COC(=O)C=Cc1cc(Cl)c2c(c1)OCCCO2. The Hall–Kier alpha value is -2.72. The summed E-state index contributed by atoms with van der Waals surface area (Å²) < 4.78 is 16.1. The van der Waals surface area contributed by atoms with Gasteiger partial charge in [0.1, 0.15) is 5.54 Å². The fourth-order valence-corrected chi connectivity index (χ4v) is 2.60. The number of ether oxygens (including phenoxy) is 3. The Balaban J connectivity index is 1.94. The Bertz CT molecular complexity index is 816. The number of halogens is 1. The molecule has 0 spiro atoms. The van der Waals surface area contributed by atoms with Gasteiger partial charge in [-0.2, -0.15) is 5.26 Å². The van der Waals surface area contributed by atoms with Crippen LogP contribution in [0.3, 0.4) is 0 Å². The Kier molecular flexibility index (Phi) is 7.30. The van der Waals surface area contributed by atoms with E-state index in [9.17, 15) is 14.9 Å². The monoisotopic (exact) mass is 406 g/mol. The molecular weight excluding hydrogens is 384 g/mol. The molecule has 28 heavy (non-hydrogen) atoms. The molecule has 0 radical (unpaired) electrons. The maximum Gasteiger partial charge on any atom is 0.331 e. The highest BCUT2D eigenvalue weighted by atomic mass is 35.5. The van der Waals surface area contributed by atoms with Crippen LogP contribution in [-0.2, 0) is 14.3 Å². The van der Waals surface area contributed by atoms with Gasteiger partial charge in [-0.1, -0.05) is 25.4 Å². The largest absolute Gasteiger partial charge is 0.489 e. The molecule has 0 saturated heterocycles. The van der Waals surface area contributed by atoms with Gasteiger partial charge in [0, 0.05) is 12.5 Å². The van der Waals surface area contributed by atoms with E-state index in [-0.39, 0.29) is 5.92 Å². The third kappa shape index (κ3) is 5.64. The molecule has 1 aromatic carbocycles. The molecule has 0 aromatic heterocycles. The van der Waals surface area contributed by atoms with Gasteiger partial charge < -0.3 is 19.5 Å². The minimum absolute atomic E-state index is 0.0961. The highest BCUT2D eigenvalue weighted by molar-refractivity contribution is 6.32. The fraction of sp³-hybridized carbons (Fsp3) is 0.450. The minimum Gasteiger partial charge on any atom is -0.489 e. The molecule has 8 heteroatoms. The van der Waals surface area contributed by atoms with Crippen molar-refractivity contribution in [1.29, 1.82) is 5.26 Å². The maximum absolute atomic E-state index is 11.9. The second kappa shape index (κ2) is 9.47. The number of fused-ring (bicyclic) bond motifs is 1. The smallest absolute Gasteiger partial charge is 0.331 e. The molecule has 7 nitrogen and oxygen atoms in total. The van der Waals surface area contributed by atoms with Gasteiger partial charge >= 0.3 is 5.97 Å². The molecule has 1 aliphatic rings. The summed E-state index contributed by atoms with van der Waals surface area (Å²) in [5, 5.41) is 12.2. The van der Waals surface area contributed by atoms with Gasteiger partial charge in [0.05, 0.1) is 24.3 Å². The van der Waals surface area contributed by atoms with E-state index >= 15 is 0 Å². The van der Waals surface area contributed by atoms with Crippen LogP contribution in [0, 0.1) is 17.2 Å². The zero-order valence-corrected chi connectivity index (χ0v) is 16.8. The first-order chi connectivity index (χ1) is 13.2. The summed E-state index contributed by atoms with van der Waals surface area (Å²) >= 11 is 6.20. The van der Waals surface area contributed by atoms with Crippen LogP contribution >= 0.6 is 11.6 Å². The molecule has 1 heterocycles. The molecule has 1 amide bonds. The first-order valence-electron chi connectivity index (χ1n) is 8.91. The van der Waals surface area contributed by atoms with Gasteiger partial charge in [-0.05, 0) is 36.6 Å². The number of amides is 1. The number of hydrogen-bond donors (Lipinski definition) is 1. The van der Waals surface area contributed by atoms with E-state index in [0.29, 0.717) is 35.3 Å². The molecule has 150 valence electrons. The van der Waals surface area contributed by atoms with Gasteiger partial charge in [0.2, 0.25) is 0 Å². The molecule has 0 fully saturated rings. The molecule has 1 aliphatic heterocycles. The molecule has 1 N–H and O–H groups in total. The molecule has 0 aliphatic carbocycles. The lowest BCUT2D eigenvalue weighted by atomic mass is 9.90. The topological polar surface area (TPSA) is 97.7 Å². The summed E-state index contributed by atoms with van der Waals surface area (Å²) in [7, 11) is 0. The number of carbonyl (C=O) groups excluding carboxylic acids is 2. The van der Waals surface area contributed by atoms with E-state index in [2.05, 4.69) is 11.4 Å². The van der Waals surface area contributed by atoms with E-state index < -0.39 is 24.0 Å². The Labute approximate surface area is 169 Å². The summed E-state index contributed by atoms with van der Waals surface area (Å²) in [6, 6.07) is 5.41. The maximum atomic E-state index is 11.9. The van der Waals surface area contributed by atoms with Crippen molar-refractivity contribution in [3.8, 4) is 17.6 Å². The van der Waals surface area contributed by atoms with Crippen molar-refractivity contribution in [3.05, 3.63) is 28.8 Å². The third-order valence-electron chi connectivity index (χ3n) is 4.37. The third-order valence-corrected chi connectivity index (χ3v) is 4.65. The summed E-state index contributed by atoms with van der Waals surface area (Å²) in [6.45, 7) is 5.82. The van der Waals surface area contributed by atoms with Gasteiger partial charge in [-0.25, -0.2) is 4.79 Å². The van der Waals surface area contributed by atoms with Gasteiger partial charge in [-0.15, -0.1) is 0 Å². The van der Waals surface area contributed by atoms with E-state index in [4.69, 9.17) is 25.8 Å². The fourth-order valence-electron chi connectivity index (χ4n) is 2.32. The van der Waals surface area contributed by atoms with E-state index in [0.717, 1.165) is 6.42 Å². The predicted molar refractivity (Wildman–Crippen MR) is 104 cm³/mol. The summed E-state index contributed by atoms with van der Waals surface area (Å²) in [5.74, 6) is -0.330. The molecule has 2 rings (SSSR count). The number of esters is 1. The lowest BCUT2D eigenvalue weighted by Crippen LogP contribution is -2.50. The summed E-state index contributed by atoms with van der Waals surface area (Å²) in [5.41, 5.74) is -0.396. The number of rotatable bonds is 6. The number of carbonyl (C=O) groups is 2. The number of benzene rings is 1. The van der Waals surface area contributed by atoms with Crippen LogP contribution < -0.4 is 14.8 Å². The summed E-state index contributed by atoms with van der Waals surface area (Å²) in [4.78, 5) is 23.8. The first kappa shape index (κ1) is 21.6. The quantitative estimate of drug-likeness (QED) is 0.575. The Morgan fingerprint density at radius 1 is 1.39 bits per heavy atom. The molecular formula is C20H23ClN2O5. The van der Waals surface area contributed by atoms with Crippen molar-refractivity contribution in [1.82, 2.24) is 5.32 Å². The normalized spacial score (nSPS) is 15.4. The van der Waals surface area contributed by atoms with Crippen molar-refractivity contribution in [2.45, 2.75) is 32.7 Å². The van der Waals surface area contributed by atoms with Crippen LogP contribution in [0.2, 0.25) is 5.02 Å². The van der Waals surface area contributed by atoms with Crippen molar-refractivity contribution < 1.29 is 23.8 Å². The Morgan fingerprint density at radius 2 is 2.11 bits per heavy atom. The van der Waals surface area contributed by atoms with Crippen molar-refractivity contribution in [2.75, 3.05) is 19.8 Å². The highest BCUT2D eigenvalue weighted by Crippen LogP contribution is 2.38. The Morgan fingerprint density at radius 3 is 2.79 bits per heavy atom. The molecule has 1 unspecified atom stereocenters. The summed E-state index contributed by atoms with van der Waals surface area (Å²) in [6.07, 6.45) is 3.45. The molecule has 0 saturated carbocycles. The zero-order chi connectivity index (χ0) is 20.7. The molecule has 1 atom stereocenters. The van der Waals surface area contributed by atoms with Gasteiger partial charge in [0.25, 0.3) is 5.91 Å². The highest BCUT2D eigenvalue weighted by Gasteiger charge is 2.30. The average molecular weight is 407 g/mol. The number of nitriles is 1. The van der Waals surface area contributed by atoms with Crippen molar-refractivity contribution in [2.24, 2.45) is 5.92 Å². The van der Waals surface area contributed by atoms with Crippen LogP contribution in [0.5, 0.6) is 11.5 Å². The number of nitrogens with zero attached hydrogens (tertiary/aromatic N) is 1. The van der Waals surface area contributed by atoms with E-state index in [1.807, 2.05) is 13.8 Å². The van der Waals surface area contributed by atoms with Crippen LogP contribution in [-0.4, -0.2) is 37.2 Å². The van der Waals surface area contributed by atoms with Crippen molar-refractivity contribution in [3.63, 3.8) is 0 Å². The zero-order valence-electron chi connectivity index (χ0n) is 16.1. The molecule has 0 bridgehead atoms. The van der Waals surface area contributed by atoms with Crippen LogP contribution in [0.15, 0.2) is 18.2 Å². The van der Waals surface area contributed by atoms with Gasteiger partial charge in [0.15, 0.2) is 18.1 Å². The van der Waals surface area contributed by atoms with Crippen LogP contribution in [0.4, 0.5) is 0 Å². The molecule has 1 aromatic rings. The standard InChI is InChI=1S/C20H23ClN2O5/c1-13(2)20(3,12-22)23-17(24)11-28-18(25)6-5-14-9-15(21)19-16(10-14)26-7-4-8-27-19/h5-6,9-10,13H,4,7-8,11H2,1-3H3,(H,23,24). The van der Waals surface area contributed by atoms with Crippen LogP contribution in [0.1, 0.15) is 32.8 Å². The lowest BCUT2D eigenvalue weighted by Gasteiger charge is -2.27. The second-order valence-corrected chi connectivity index (χ2v) is 7.25. The van der Waals surface area contributed by atoms with Crippen molar-refractivity contribution >= 4 is 29.6 Å². The van der Waals surface area contributed by atoms with Crippen LogP contribution in [0.25, 0.3) is 6.08 Å². The predicted octanol–water partition coefficient (Wildman–Crippen LogP) is 3.11. The lowest BCUT2D eigenvalue weighted by molar-refractivity contribution is -0.144. The number of nitrogens with one attached hydrogen (secondary N) is 1. The number of hydrogen-bond acceptors (Lipinski definition) is 6. The first-order valence-corrected chi connectivity index (χ1v) is 9.29. The van der Waals surface area contributed by atoms with E-state index in [1.165, 1.54) is 12.2 Å². The van der Waals surface area contributed by atoms with Gasteiger partial charge in [-0.3, -0.25) is 4.79 Å².